The van der Waals surface area contributed by atoms with Gasteiger partial charge in [0, 0.05) is 32.0 Å². The van der Waals surface area contributed by atoms with Crippen LogP contribution in [0.2, 0.25) is 0 Å². The van der Waals surface area contributed by atoms with Gasteiger partial charge in [0.1, 0.15) is 18.0 Å². The minimum absolute atomic E-state index is 0.0662. The van der Waals surface area contributed by atoms with E-state index in [0.717, 1.165) is 25.3 Å². The van der Waals surface area contributed by atoms with Gasteiger partial charge in [-0.1, -0.05) is 6.42 Å². The normalized spacial score (nSPS) is 15.0. The Balaban J connectivity index is 1.79. The van der Waals surface area contributed by atoms with Crippen molar-refractivity contribution in [1.29, 1.82) is 0 Å². The number of rotatable bonds is 9. The maximum Gasteiger partial charge on any atom is 0.294 e. The Bertz CT molecular complexity index is 973. The molecule has 1 saturated heterocycles. The highest BCUT2D eigenvalue weighted by Gasteiger charge is 2.28. The highest BCUT2D eigenvalue weighted by Crippen LogP contribution is 2.32. The highest BCUT2D eigenvalue weighted by molar-refractivity contribution is 7.89. The van der Waals surface area contributed by atoms with Crippen LogP contribution in [0.3, 0.4) is 0 Å². The summed E-state index contributed by atoms with van der Waals surface area (Å²) in [5.41, 5.74) is 0.531. The van der Waals surface area contributed by atoms with Crippen LogP contribution in [0.15, 0.2) is 47.4 Å². The summed E-state index contributed by atoms with van der Waals surface area (Å²) in [4.78, 5) is 10.9. The van der Waals surface area contributed by atoms with Crippen molar-refractivity contribution < 1.29 is 22.8 Å². The summed E-state index contributed by atoms with van der Waals surface area (Å²) in [5, 5.41) is 14.6. The third-order valence-corrected chi connectivity index (χ3v) is 6.70. The van der Waals surface area contributed by atoms with Crippen molar-refractivity contribution in [3.63, 3.8) is 0 Å². The number of hydrogen-bond donors (Lipinski definition) is 1. The molecule has 0 spiro atoms. The van der Waals surface area contributed by atoms with E-state index >= 15 is 0 Å². The van der Waals surface area contributed by atoms with Gasteiger partial charge in [-0.2, -0.15) is 4.31 Å². The van der Waals surface area contributed by atoms with Crippen LogP contribution in [-0.2, 0) is 14.8 Å². The largest absolute Gasteiger partial charge is 0.491 e. The van der Waals surface area contributed by atoms with Crippen molar-refractivity contribution in [3.05, 3.63) is 52.6 Å². The SMILES string of the molecule is COCCOc1ccc(Nc2ccc(S(=O)(=O)N3CCCCC3)cc2[N+](=O)[O-])cc1. The van der Waals surface area contributed by atoms with Crippen molar-refractivity contribution in [2.75, 3.05) is 38.7 Å². The van der Waals surface area contributed by atoms with Gasteiger partial charge in [0.05, 0.1) is 16.4 Å². The molecule has 0 bridgehead atoms. The fraction of sp³-hybridized carbons (Fsp3) is 0.400. The molecule has 9 nitrogen and oxygen atoms in total. The molecule has 0 saturated carbocycles. The Morgan fingerprint density at radius 1 is 1.07 bits per heavy atom. The molecule has 0 aromatic heterocycles. The number of hydrogen-bond acceptors (Lipinski definition) is 7. The summed E-state index contributed by atoms with van der Waals surface area (Å²) in [6.45, 7) is 1.77. The van der Waals surface area contributed by atoms with Gasteiger partial charge in [-0.25, -0.2) is 8.42 Å². The molecule has 10 heteroatoms. The quantitative estimate of drug-likeness (QED) is 0.364. The van der Waals surface area contributed by atoms with Gasteiger partial charge in [-0.3, -0.25) is 10.1 Å². The second kappa shape index (κ2) is 9.88. The molecule has 1 N–H and O–H groups in total. The first-order valence-electron chi connectivity index (χ1n) is 9.69. The number of anilines is 2. The third-order valence-electron chi connectivity index (χ3n) is 4.81. The van der Waals surface area contributed by atoms with E-state index in [1.165, 1.54) is 16.4 Å². The van der Waals surface area contributed by atoms with E-state index in [-0.39, 0.29) is 16.3 Å². The van der Waals surface area contributed by atoms with E-state index in [2.05, 4.69) is 5.32 Å². The Kier molecular flexibility index (Phi) is 7.24. The molecule has 2 aromatic carbocycles. The molecule has 0 radical (unpaired) electrons. The molecular weight excluding hydrogens is 410 g/mol. The second-order valence-corrected chi connectivity index (χ2v) is 8.83. The molecule has 0 aliphatic carbocycles. The van der Waals surface area contributed by atoms with Crippen LogP contribution in [0, 0.1) is 10.1 Å². The first-order valence-corrected chi connectivity index (χ1v) is 11.1. The predicted molar refractivity (Wildman–Crippen MR) is 113 cm³/mol. The summed E-state index contributed by atoms with van der Waals surface area (Å²) in [7, 11) is -2.16. The van der Waals surface area contributed by atoms with E-state index < -0.39 is 14.9 Å². The lowest BCUT2D eigenvalue weighted by Gasteiger charge is -2.25. The average Bonchev–Trinajstić information content (AvgIpc) is 2.76. The van der Waals surface area contributed by atoms with E-state index in [1.807, 2.05) is 0 Å². The standard InChI is InChI=1S/C20H25N3O6S/c1-28-13-14-29-17-7-5-16(6-8-17)21-19-10-9-18(15-20(19)23(24)25)30(26,27)22-11-3-2-4-12-22/h5-10,15,21H,2-4,11-14H2,1H3. The monoisotopic (exact) mass is 435 g/mol. The number of piperidine rings is 1. The lowest BCUT2D eigenvalue weighted by molar-refractivity contribution is -0.384. The van der Waals surface area contributed by atoms with Crippen LogP contribution in [0.4, 0.5) is 17.1 Å². The van der Waals surface area contributed by atoms with Crippen LogP contribution in [0.5, 0.6) is 5.75 Å². The molecule has 30 heavy (non-hydrogen) atoms. The first kappa shape index (κ1) is 22.0. The van der Waals surface area contributed by atoms with Gasteiger partial charge >= 0.3 is 0 Å². The third kappa shape index (κ3) is 5.26. The number of nitro groups is 1. The van der Waals surface area contributed by atoms with Crippen molar-refractivity contribution in [1.82, 2.24) is 4.31 Å². The molecule has 0 amide bonds. The summed E-state index contributed by atoms with van der Waals surface area (Å²) in [6, 6.07) is 10.9. The van der Waals surface area contributed by atoms with Crippen LogP contribution in [0.1, 0.15) is 19.3 Å². The summed E-state index contributed by atoms with van der Waals surface area (Å²) >= 11 is 0. The fourth-order valence-electron chi connectivity index (χ4n) is 3.22. The zero-order valence-electron chi connectivity index (χ0n) is 16.7. The number of sulfonamides is 1. The molecule has 1 heterocycles. The number of nitrogens with one attached hydrogen (secondary N) is 1. The Labute approximate surface area is 175 Å². The zero-order chi connectivity index (χ0) is 21.6. The van der Waals surface area contributed by atoms with E-state index in [0.29, 0.717) is 37.7 Å². The van der Waals surface area contributed by atoms with Gasteiger partial charge in [0.15, 0.2) is 0 Å². The van der Waals surface area contributed by atoms with Gasteiger partial charge in [0.25, 0.3) is 5.69 Å². The van der Waals surface area contributed by atoms with Crippen LogP contribution >= 0.6 is 0 Å². The number of ether oxygens (including phenoxy) is 2. The topological polar surface area (TPSA) is 111 Å². The molecule has 1 fully saturated rings. The Morgan fingerprint density at radius 3 is 2.40 bits per heavy atom. The zero-order valence-corrected chi connectivity index (χ0v) is 17.6. The second-order valence-electron chi connectivity index (χ2n) is 6.89. The minimum Gasteiger partial charge on any atom is -0.491 e. The van der Waals surface area contributed by atoms with E-state index in [1.54, 1.807) is 31.4 Å². The fourth-order valence-corrected chi connectivity index (χ4v) is 4.75. The molecule has 1 aliphatic rings. The van der Waals surface area contributed by atoms with Gasteiger partial charge in [-0.15, -0.1) is 0 Å². The number of nitro benzene ring substituents is 1. The molecule has 0 atom stereocenters. The van der Waals surface area contributed by atoms with Crippen molar-refractivity contribution in [2.24, 2.45) is 0 Å². The molecule has 0 unspecified atom stereocenters. The molecular formula is C20H25N3O6S. The number of methoxy groups -OCH3 is 1. The van der Waals surface area contributed by atoms with Gasteiger partial charge in [-0.05, 0) is 49.2 Å². The van der Waals surface area contributed by atoms with E-state index in [4.69, 9.17) is 9.47 Å². The van der Waals surface area contributed by atoms with E-state index in [9.17, 15) is 18.5 Å². The lowest BCUT2D eigenvalue weighted by Crippen LogP contribution is -2.35. The summed E-state index contributed by atoms with van der Waals surface area (Å²) in [5.74, 6) is 0.648. The van der Waals surface area contributed by atoms with Gasteiger partial charge < -0.3 is 14.8 Å². The maximum atomic E-state index is 12.8. The van der Waals surface area contributed by atoms with Crippen molar-refractivity contribution in [3.8, 4) is 5.75 Å². The molecule has 2 aromatic rings. The van der Waals surface area contributed by atoms with Crippen molar-refractivity contribution in [2.45, 2.75) is 24.2 Å². The Morgan fingerprint density at radius 2 is 1.77 bits per heavy atom. The van der Waals surface area contributed by atoms with Crippen LogP contribution < -0.4 is 10.1 Å². The first-order chi connectivity index (χ1) is 14.4. The summed E-state index contributed by atoms with van der Waals surface area (Å²) < 4.78 is 37.5. The minimum atomic E-state index is -3.75. The Hall–Kier alpha value is -2.69. The van der Waals surface area contributed by atoms with Crippen LogP contribution in [-0.4, -0.2) is 51.1 Å². The average molecular weight is 436 g/mol. The lowest BCUT2D eigenvalue weighted by atomic mass is 10.2. The maximum absolute atomic E-state index is 12.8. The summed E-state index contributed by atoms with van der Waals surface area (Å²) in [6.07, 6.45) is 2.59. The van der Waals surface area contributed by atoms with Crippen molar-refractivity contribution >= 4 is 27.1 Å². The van der Waals surface area contributed by atoms with Crippen LogP contribution in [0.25, 0.3) is 0 Å². The highest BCUT2D eigenvalue weighted by atomic mass is 32.2. The molecule has 1 aliphatic heterocycles. The number of nitrogens with zero attached hydrogens (tertiary/aromatic N) is 2. The number of benzene rings is 2. The predicted octanol–water partition coefficient (Wildman–Crippen LogP) is 3.54. The molecule has 3 rings (SSSR count). The molecule has 162 valence electrons. The van der Waals surface area contributed by atoms with Gasteiger partial charge in [0.2, 0.25) is 10.0 Å². The smallest absolute Gasteiger partial charge is 0.294 e.